The van der Waals surface area contributed by atoms with Crippen molar-refractivity contribution in [3.8, 4) is 0 Å². The van der Waals surface area contributed by atoms with Crippen LogP contribution in [0.15, 0.2) is 6.20 Å². The van der Waals surface area contributed by atoms with E-state index in [-0.39, 0.29) is 11.0 Å². The number of nitrogens with zero attached hydrogens (tertiary/aromatic N) is 2. The van der Waals surface area contributed by atoms with Gasteiger partial charge in [0.05, 0.1) is 25.1 Å². The summed E-state index contributed by atoms with van der Waals surface area (Å²) >= 11 is 0. The van der Waals surface area contributed by atoms with E-state index in [1.165, 1.54) is 6.20 Å². The number of carbonyl (C=O) groups is 1. The van der Waals surface area contributed by atoms with Gasteiger partial charge in [-0.1, -0.05) is 6.92 Å². The Labute approximate surface area is 99.6 Å². The van der Waals surface area contributed by atoms with Crippen LogP contribution < -0.4 is 5.32 Å². The van der Waals surface area contributed by atoms with Gasteiger partial charge in [0.15, 0.2) is 0 Å². The van der Waals surface area contributed by atoms with Crippen LogP contribution in [-0.4, -0.2) is 40.6 Å². The molecule has 0 amide bonds. The van der Waals surface area contributed by atoms with Gasteiger partial charge in [0.25, 0.3) is 0 Å². The van der Waals surface area contributed by atoms with Crippen molar-refractivity contribution in [2.24, 2.45) is 12.5 Å². The highest BCUT2D eigenvalue weighted by Crippen LogP contribution is 2.25. The summed E-state index contributed by atoms with van der Waals surface area (Å²) in [5.41, 5.74) is 1.14. The van der Waals surface area contributed by atoms with Crippen LogP contribution in [0.25, 0.3) is 0 Å². The molecule has 1 aliphatic heterocycles. The van der Waals surface area contributed by atoms with Gasteiger partial charge in [-0.25, -0.2) is 4.79 Å². The number of rotatable bonds is 5. The molecule has 0 spiro atoms. The lowest BCUT2D eigenvalue weighted by molar-refractivity contribution is -0.0992. The third-order valence-electron chi connectivity index (χ3n) is 3.04. The van der Waals surface area contributed by atoms with Crippen LogP contribution in [0.5, 0.6) is 0 Å². The van der Waals surface area contributed by atoms with E-state index in [2.05, 4.69) is 17.3 Å². The minimum absolute atomic E-state index is 0.183. The second-order valence-electron chi connectivity index (χ2n) is 4.84. The fourth-order valence-electron chi connectivity index (χ4n) is 1.89. The zero-order valence-corrected chi connectivity index (χ0v) is 10.1. The standard InChI is InChI=1S/C11H17N3O3/c1-11(6-17-7-11)5-12-4-9-8(10(15)16)3-13-14(9)2/h3,12H,4-7H2,1-2H3,(H,15,16). The maximum Gasteiger partial charge on any atom is 0.339 e. The van der Waals surface area contributed by atoms with Crippen LogP contribution in [0.2, 0.25) is 0 Å². The number of carboxylic acids is 1. The summed E-state index contributed by atoms with van der Waals surface area (Å²) < 4.78 is 6.75. The SMILES string of the molecule is Cn1ncc(C(=O)O)c1CNCC1(C)COC1. The number of aromatic nitrogens is 2. The van der Waals surface area contributed by atoms with Crippen LogP contribution in [-0.2, 0) is 18.3 Å². The minimum Gasteiger partial charge on any atom is -0.478 e. The molecule has 0 saturated carbocycles. The molecule has 1 aromatic rings. The minimum atomic E-state index is -0.937. The first-order chi connectivity index (χ1) is 8.02. The largest absolute Gasteiger partial charge is 0.478 e. The van der Waals surface area contributed by atoms with Crippen molar-refractivity contribution in [2.75, 3.05) is 19.8 Å². The monoisotopic (exact) mass is 239 g/mol. The molecule has 1 fully saturated rings. The molecule has 1 aromatic heterocycles. The van der Waals surface area contributed by atoms with Crippen LogP contribution >= 0.6 is 0 Å². The Morgan fingerprint density at radius 2 is 2.41 bits per heavy atom. The molecular weight excluding hydrogens is 222 g/mol. The molecule has 2 rings (SSSR count). The summed E-state index contributed by atoms with van der Waals surface area (Å²) in [5, 5.41) is 16.2. The number of carboxylic acid groups (broad SMARTS) is 1. The van der Waals surface area contributed by atoms with Gasteiger partial charge >= 0.3 is 5.97 Å². The third-order valence-corrected chi connectivity index (χ3v) is 3.04. The fourth-order valence-corrected chi connectivity index (χ4v) is 1.89. The quantitative estimate of drug-likeness (QED) is 0.770. The summed E-state index contributed by atoms with van der Waals surface area (Å²) in [5.74, 6) is -0.937. The van der Waals surface area contributed by atoms with Gasteiger partial charge in [0, 0.05) is 25.6 Å². The Balaban J connectivity index is 1.94. The Hall–Kier alpha value is -1.40. The van der Waals surface area contributed by atoms with Crippen molar-refractivity contribution < 1.29 is 14.6 Å². The summed E-state index contributed by atoms with van der Waals surface area (Å²) in [6.45, 7) is 4.99. The van der Waals surface area contributed by atoms with Crippen LogP contribution in [0.3, 0.4) is 0 Å². The highest BCUT2D eigenvalue weighted by molar-refractivity contribution is 5.88. The van der Waals surface area contributed by atoms with Gasteiger partial charge in [-0.05, 0) is 0 Å². The number of aryl methyl sites for hydroxylation is 1. The number of ether oxygens (including phenoxy) is 1. The molecule has 0 bridgehead atoms. The lowest BCUT2D eigenvalue weighted by Gasteiger charge is -2.38. The van der Waals surface area contributed by atoms with Gasteiger partial charge in [0.2, 0.25) is 0 Å². The molecule has 2 heterocycles. The van der Waals surface area contributed by atoms with Crippen LogP contribution in [0.1, 0.15) is 23.0 Å². The van der Waals surface area contributed by atoms with E-state index in [9.17, 15) is 4.79 Å². The summed E-state index contributed by atoms with van der Waals surface area (Å²) in [4.78, 5) is 11.0. The predicted molar refractivity (Wildman–Crippen MR) is 60.8 cm³/mol. The Morgan fingerprint density at radius 1 is 1.71 bits per heavy atom. The van der Waals surface area contributed by atoms with Gasteiger partial charge in [0.1, 0.15) is 5.56 Å². The molecule has 0 aromatic carbocycles. The molecular formula is C11H17N3O3. The number of hydrogen-bond acceptors (Lipinski definition) is 4. The number of hydrogen-bond donors (Lipinski definition) is 2. The first-order valence-corrected chi connectivity index (χ1v) is 5.54. The topological polar surface area (TPSA) is 76.4 Å². The average molecular weight is 239 g/mol. The maximum atomic E-state index is 11.0. The van der Waals surface area contributed by atoms with Gasteiger partial charge < -0.3 is 15.2 Å². The second-order valence-corrected chi connectivity index (χ2v) is 4.84. The second kappa shape index (κ2) is 4.46. The van der Waals surface area contributed by atoms with Gasteiger partial charge in [-0.3, -0.25) is 4.68 Å². The molecule has 0 radical (unpaired) electrons. The van der Waals surface area contributed by atoms with Crippen molar-refractivity contribution in [3.63, 3.8) is 0 Å². The Morgan fingerprint density at radius 3 is 2.94 bits per heavy atom. The number of nitrogens with one attached hydrogen (secondary N) is 1. The molecule has 0 unspecified atom stereocenters. The summed E-state index contributed by atoms with van der Waals surface area (Å²) in [6.07, 6.45) is 1.38. The van der Waals surface area contributed by atoms with E-state index in [0.29, 0.717) is 12.2 Å². The van der Waals surface area contributed by atoms with Crippen LogP contribution in [0, 0.1) is 5.41 Å². The van der Waals surface area contributed by atoms with E-state index in [4.69, 9.17) is 9.84 Å². The molecule has 0 aliphatic carbocycles. The zero-order valence-electron chi connectivity index (χ0n) is 10.1. The van der Waals surface area contributed by atoms with E-state index < -0.39 is 5.97 Å². The lowest BCUT2D eigenvalue weighted by atomic mass is 9.89. The highest BCUT2D eigenvalue weighted by atomic mass is 16.5. The van der Waals surface area contributed by atoms with Crippen LogP contribution in [0.4, 0.5) is 0 Å². The average Bonchev–Trinajstić information content (AvgIpc) is 2.58. The van der Waals surface area contributed by atoms with Crippen molar-refractivity contribution in [1.82, 2.24) is 15.1 Å². The first-order valence-electron chi connectivity index (χ1n) is 5.54. The van der Waals surface area contributed by atoms with E-state index in [1.807, 2.05) is 0 Å². The molecule has 0 atom stereocenters. The highest BCUT2D eigenvalue weighted by Gasteiger charge is 2.32. The van der Waals surface area contributed by atoms with Gasteiger partial charge in [-0.2, -0.15) is 5.10 Å². The normalized spacial score (nSPS) is 17.8. The van der Waals surface area contributed by atoms with E-state index in [1.54, 1.807) is 11.7 Å². The van der Waals surface area contributed by atoms with E-state index >= 15 is 0 Å². The van der Waals surface area contributed by atoms with Crippen molar-refractivity contribution >= 4 is 5.97 Å². The summed E-state index contributed by atoms with van der Waals surface area (Å²) in [6, 6.07) is 0. The smallest absolute Gasteiger partial charge is 0.339 e. The number of aromatic carboxylic acids is 1. The maximum absolute atomic E-state index is 11.0. The van der Waals surface area contributed by atoms with Crippen molar-refractivity contribution in [1.29, 1.82) is 0 Å². The van der Waals surface area contributed by atoms with Crippen molar-refractivity contribution in [3.05, 3.63) is 17.5 Å². The first kappa shape index (κ1) is 12.1. The molecule has 1 saturated heterocycles. The predicted octanol–water partition coefficient (Wildman–Crippen LogP) is 0.244. The zero-order chi connectivity index (χ0) is 12.5. The molecule has 2 N–H and O–H groups in total. The van der Waals surface area contributed by atoms with Crippen molar-refractivity contribution in [2.45, 2.75) is 13.5 Å². The van der Waals surface area contributed by atoms with E-state index in [0.717, 1.165) is 19.8 Å². The molecule has 17 heavy (non-hydrogen) atoms. The molecule has 94 valence electrons. The molecule has 6 heteroatoms. The van der Waals surface area contributed by atoms with Gasteiger partial charge in [-0.15, -0.1) is 0 Å². The fraction of sp³-hybridized carbons (Fsp3) is 0.636. The molecule has 6 nitrogen and oxygen atoms in total. The Bertz CT molecular complexity index is 424. The lowest BCUT2D eigenvalue weighted by Crippen LogP contribution is -2.47. The third kappa shape index (κ3) is 2.48. The summed E-state index contributed by atoms with van der Waals surface area (Å²) in [7, 11) is 1.75. The molecule has 1 aliphatic rings. The Kier molecular flexibility index (Phi) is 3.17.